The molecule has 0 rings (SSSR count). The highest BCUT2D eigenvalue weighted by molar-refractivity contribution is 5.88. The number of carbonyl (C=O) groups is 1. The zero-order valence-corrected chi connectivity index (χ0v) is 10.6. The molecule has 0 fully saturated rings. The van der Waals surface area contributed by atoms with Gasteiger partial charge >= 0.3 is 5.97 Å². The van der Waals surface area contributed by atoms with Crippen molar-refractivity contribution >= 4 is 5.97 Å². The minimum absolute atomic E-state index is 0.273. The van der Waals surface area contributed by atoms with Crippen molar-refractivity contribution in [1.82, 2.24) is 0 Å². The lowest BCUT2D eigenvalue weighted by Crippen LogP contribution is -2.19. The molecule has 0 bridgehead atoms. The first-order valence-electron chi connectivity index (χ1n) is 6.23. The van der Waals surface area contributed by atoms with Crippen molar-refractivity contribution in [1.29, 1.82) is 0 Å². The summed E-state index contributed by atoms with van der Waals surface area (Å²) >= 11 is 0. The molecule has 0 heterocycles. The van der Waals surface area contributed by atoms with Gasteiger partial charge in [-0.3, -0.25) is 0 Å². The van der Waals surface area contributed by atoms with Crippen LogP contribution in [0.15, 0.2) is 12.2 Å². The number of rotatable bonds is 9. The largest absolute Gasteiger partial charge is 0.461 e. The lowest BCUT2D eigenvalue weighted by Gasteiger charge is -2.17. The molecule has 2 N–H and O–H groups in total. The Morgan fingerprint density at radius 2 is 2.00 bits per heavy atom. The Hall–Kier alpha value is -0.830. The van der Waals surface area contributed by atoms with Gasteiger partial charge in [-0.2, -0.15) is 0 Å². The lowest BCUT2D eigenvalue weighted by molar-refractivity contribution is -0.139. The highest BCUT2D eigenvalue weighted by Crippen LogP contribution is 2.23. The molecule has 0 saturated carbocycles. The van der Waals surface area contributed by atoms with E-state index in [2.05, 4.69) is 20.4 Å². The van der Waals surface area contributed by atoms with Gasteiger partial charge in [-0.05, 0) is 18.8 Å². The summed E-state index contributed by atoms with van der Waals surface area (Å²) in [6.07, 6.45) is 5.38. The molecule has 16 heavy (non-hydrogen) atoms. The third-order valence-corrected chi connectivity index (χ3v) is 2.65. The van der Waals surface area contributed by atoms with Crippen molar-refractivity contribution in [2.75, 3.05) is 13.2 Å². The smallest absolute Gasteiger partial charge is 0.333 e. The van der Waals surface area contributed by atoms with Crippen LogP contribution in [0, 0.1) is 5.92 Å². The van der Waals surface area contributed by atoms with Crippen LogP contribution in [0.4, 0.5) is 0 Å². The van der Waals surface area contributed by atoms with E-state index in [1.54, 1.807) is 0 Å². The van der Waals surface area contributed by atoms with Crippen LogP contribution in [-0.2, 0) is 9.53 Å². The van der Waals surface area contributed by atoms with Crippen LogP contribution >= 0.6 is 0 Å². The van der Waals surface area contributed by atoms with E-state index in [0.717, 1.165) is 32.1 Å². The number of nitrogens with two attached hydrogens (primary N) is 1. The summed E-state index contributed by atoms with van der Waals surface area (Å²) < 4.78 is 5.00. The highest BCUT2D eigenvalue weighted by Gasteiger charge is 2.18. The first kappa shape index (κ1) is 15.2. The Morgan fingerprint density at radius 1 is 1.31 bits per heavy atom. The second-order valence-electron chi connectivity index (χ2n) is 4.08. The molecular weight excluding hydrogens is 202 g/mol. The SMILES string of the molecule is C=C(C(=O)OCCN)C(CCC)CCCC. The molecule has 0 spiro atoms. The zero-order chi connectivity index (χ0) is 12.4. The van der Waals surface area contributed by atoms with E-state index in [0.29, 0.717) is 12.1 Å². The maximum absolute atomic E-state index is 11.6. The van der Waals surface area contributed by atoms with E-state index in [-0.39, 0.29) is 18.5 Å². The quantitative estimate of drug-likeness (QED) is 0.486. The molecule has 0 aromatic rings. The van der Waals surface area contributed by atoms with Crippen LogP contribution in [0.2, 0.25) is 0 Å². The van der Waals surface area contributed by atoms with Gasteiger partial charge in [0.2, 0.25) is 0 Å². The summed E-state index contributed by atoms with van der Waals surface area (Å²) in [6, 6.07) is 0. The third-order valence-electron chi connectivity index (χ3n) is 2.65. The maximum Gasteiger partial charge on any atom is 0.333 e. The summed E-state index contributed by atoms with van der Waals surface area (Å²) in [5, 5.41) is 0. The van der Waals surface area contributed by atoms with Crippen molar-refractivity contribution in [2.45, 2.75) is 46.0 Å². The zero-order valence-electron chi connectivity index (χ0n) is 10.6. The van der Waals surface area contributed by atoms with Crippen LogP contribution < -0.4 is 5.73 Å². The van der Waals surface area contributed by atoms with Crippen molar-refractivity contribution in [3.8, 4) is 0 Å². The van der Waals surface area contributed by atoms with Gasteiger partial charge in [-0.1, -0.05) is 39.7 Å². The molecule has 1 unspecified atom stereocenters. The van der Waals surface area contributed by atoms with Gasteiger partial charge in [0.05, 0.1) is 0 Å². The molecule has 94 valence electrons. The molecule has 0 aromatic heterocycles. The maximum atomic E-state index is 11.6. The summed E-state index contributed by atoms with van der Waals surface area (Å²) in [7, 11) is 0. The van der Waals surface area contributed by atoms with Gasteiger partial charge < -0.3 is 10.5 Å². The molecule has 0 aliphatic heterocycles. The first-order valence-corrected chi connectivity index (χ1v) is 6.23. The topological polar surface area (TPSA) is 52.3 Å². The minimum atomic E-state index is -0.278. The Bertz CT molecular complexity index is 214. The molecule has 3 heteroatoms. The van der Waals surface area contributed by atoms with Crippen LogP contribution in [0.25, 0.3) is 0 Å². The molecular formula is C13H25NO2. The van der Waals surface area contributed by atoms with Crippen LogP contribution in [0.5, 0.6) is 0 Å². The van der Waals surface area contributed by atoms with Crippen LogP contribution in [-0.4, -0.2) is 19.1 Å². The van der Waals surface area contributed by atoms with Crippen LogP contribution in [0.3, 0.4) is 0 Å². The van der Waals surface area contributed by atoms with Crippen molar-refractivity contribution < 1.29 is 9.53 Å². The predicted molar refractivity (Wildman–Crippen MR) is 67.1 cm³/mol. The third kappa shape index (κ3) is 5.91. The number of ether oxygens (including phenoxy) is 1. The van der Waals surface area contributed by atoms with Gasteiger partial charge in [-0.15, -0.1) is 0 Å². The average Bonchev–Trinajstić information content (AvgIpc) is 2.30. The molecule has 0 radical (unpaired) electrons. The number of unbranched alkanes of at least 4 members (excludes halogenated alkanes) is 1. The second kappa shape index (κ2) is 9.40. The standard InChI is InChI=1S/C13H25NO2/c1-4-6-8-12(7-5-2)11(3)13(15)16-10-9-14/h12H,3-10,14H2,1-2H3. The van der Waals surface area contributed by atoms with Crippen molar-refractivity contribution in [3.05, 3.63) is 12.2 Å². The molecule has 0 aromatic carbocycles. The fourth-order valence-corrected chi connectivity index (χ4v) is 1.70. The van der Waals surface area contributed by atoms with Gasteiger partial charge in [0.25, 0.3) is 0 Å². The van der Waals surface area contributed by atoms with E-state index in [4.69, 9.17) is 10.5 Å². The van der Waals surface area contributed by atoms with E-state index >= 15 is 0 Å². The number of hydrogen-bond donors (Lipinski definition) is 1. The number of esters is 1. The molecule has 0 amide bonds. The summed E-state index contributed by atoms with van der Waals surface area (Å²) in [5.74, 6) is -0.00442. The van der Waals surface area contributed by atoms with Crippen molar-refractivity contribution in [3.63, 3.8) is 0 Å². The molecule has 3 nitrogen and oxygen atoms in total. The predicted octanol–water partition coefficient (Wildman–Crippen LogP) is 2.65. The fraction of sp³-hybridized carbons (Fsp3) is 0.769. The molecule has 1 atom stereocenters. The normalized spacial score (nSPS) is 12.2. The van der Waals surface area contributed by atoms with Crippen molar-refractivity contribution in [2.24, 2.45) is 11.7 Å². The molecule has 0 saturated heterocycles. The minimum Gasteiger partial charge on any atom is -0.461 e. The monoisotopic (exact) mass is 227 g/mol. The van der Waals surface area contributed by atoms with Crippen LogP contribution in [0.1, 0.15) is 46.0 Å². The summed E-state index contributed by atoms with van der Waals surface area (Å²) in [5.41, 5.74) is 5.90. The average molecular weight is 227 g/mol. The van der Waals surface area contributed by atoms with E-state index < -0.39 is 0 Å². The Kier molecular flexibility index (Phi) is 8.91. The molecule has 0 aliphatic rings. The summed E-state index contributed by atoms with van der Waals surface area (Å²) in [6.45, 7) is 8.79. The van der Waals surface area contributed by atoms with E-state index in [9.17, 15) is 4.79 Å². The van der Waals surface area contributed by atoms with E-state index in [1.165, 1.54) is 0 Å². The van der Waals surface area contributed by atoms with Gasteiger partial charge in [-0.25, -0.2) is 4.79 Å². The number of hydrogen-bond acceptors (Lipinski definition) is 3. The Morgan fingerprint density at radius 3 is 2.50 bits per heavy atom. The first-order chi connectivity index (χ1) is 7.67. The molecule has 0 aliphatic carbocycles. The highest BCUT2D eigenvalue weighted by atomic mass is 16.5. The summed E-state index contributed by atoms with van der Waals surface area (Å²) in [4.78, 5) is 11.6. The Balaban J connectivity index is 4.18. The second-order valence-corrected chi connectivity index (χ2v) is 4.08. The van der Waals surface area contributed by atoms with Gasteiger partial charge in [0, 0.05) is 12.1 Å². The van der Waals surface area contributed by atoms with E-state index in [1.807, 2.05) is 0 Å². The van der Waals surface area contributed by atoms with Gasteiger partial charge in [0.15, 0.2) is 0 Å². The number of carbonyl (C=O) groups excluding carboxylic acids is 1. The van der Waals surface area contributed by atoms with Gasteiger partial charge in [0.1, 0.15) is 6.61 Å². The fourth-order valence-electron chi connectivity index (χ4n) is 1.70. The lowest BCUT2D eigenvalue weighted by atomic mass is 9.90. The Labute approximate surface area is 99.0 Å².